The summed E-state index contributed by atoms with van der Waals surface area (Å²) in [4.78, 5) is 83.7. The van der Waals surface area contributed by atoms with Crippen molar-refractivity contribution >= 4 is 35.8 Å². The Hall–Kier alpha value is -4.64. The molecule has 2 saturated carbocycles. The van der Waals surface area contributed by atoms with Crippen LogP contribution in [0.25, 0.3) is 0 Å². The normalized spacial score (nSPS) is 32.2. The van der Waals surface area contributed by atoms with E-state index in [1.807, 2.05) is 0 Å². The van der Waals surface area contributed by atoms with Gasteiger partial charge < -0.3 is 49.1 Å². The Morgan fingerprint density at radius 3 is 2.16 bits per heavy atom. The van der Waals surface area contributed by atoms with Crippen molar-refractivity contribution in [2.75, 3.05) is 6.61 Å². The zero-order chi connectivity index (χ0) is 46.5. The topological polar surface area (TPSA) is 231 Å². The quantitative estimate of drug-likeness (QED) is 0.137. The first-order chi connectivity index (χ1) is 28.6. The predicted molar refractivity (Wildman–Crippen MR) is 221 cm³/mol. The van der Waals surface area contributed by atoms with Crippen molar-refractivity contribution in [3.8, 4) is 0 Å². The van der Waals surface area contributed by atoms with Crippen molar-refractivity contribution in [1.29, 1.82) is 0 Å². The number of hydrogen-bond donors (Lipinski definition) is 4. The summed E-state index contributed by atoms with van der Waals surface area (Å²) in [6.07, 6.45) is -10.1. The summed E-state index contributed by atoms with van der Waals surface area (Å²) in [6, 6.07) is 6.50. The second kappa shape index (κ2) is 17.5. The van der Waals surface area contributed by atoms with Crippen LogP contribution in [0.4, 0.5) is 4.79 Å². The van der Waals surface area contributed by atoms with Crippen LogP contribution in [0, 0.1) is 22.7 Å². The van der Waals surface area contributed by atoms with Crippen LogP contribution in [0.2, 0.25) is 0 Å². The molecule has 1 saturated heterocycles. The first-order valence-corrected chi connectivity index (χ1v) is 21.1. The van der Waals surface area contributed by atoms with Crippen LogP contribution < -0.4 is 5.32 Å². The van der Waals surface area contributed by atoms with Gasteiger partial charge in [0.25, 0.3) is 0 Å². The van der Waals surface area contributed by atoms with Crippen LogP contribution in [0.5, 0.6) is 0 Å². The lowest BCUT2D eigenvalue weighted by atomic mass is 9.44. The smallest absolute Gasteiger partial charge is 0.408 e. The molecule has 16 heteroatoms. The number of rotatable bonds is 11. The van der Waals surface area contributed by atoms with E-state index in [2.05, 4.69) is 5.32 Å². The summed E-state index contributed by atoms with van der Waals surface area (Å²) in [5.74, 6) is -6.34. The van der Waals surface area contributed by atoms with Gasteiger partial charge in [0.2, 0.25) is 0 Å². The van der Waals surface area contributed by atoms with Crippen molar-refractivity contribution in [1.82, 2.24) is 5.32 Å². The molecule has 16 nitrogen and oxygen atoms in total. The summed E-state index contributed by atoms with van der Waals surface area (Å²) in [5, 5.41) is 39.9. The highest BCUT2D eigenvalue weighted by Gasteiger charge is 2.78. The minimum Gasteiger partial charge on any atom is -0.456 e. The molecule has 3 fully saturated rings. The Labute approximate surface area is 362 Å². The highest BCUT2D eigenvalue weighted by Crippen LogP contribution is 2.64. The molecule has 0 unspecified atom stereocenters. The predicted octanol–water partition coefficient (Wildman–Crippen LogP) is 4.45. The molecular formula is C46H63NO15. The molecule has 11 atom stereocenters. The fraction of sp³-hybridized carbons (Fsp3) is 0.652. The standard InChI is InChI=1S/C46H63NO15/c1-23(2)18-28(47-41(55)62-42(7,8)9)34(51)40(54)58-29-21-46(56)38(60-39(53)27-16-14-13-15-17-27)36-44(12,30(49)20-31-45(36,22-57-31)61-26(6)48)37(52)35(59-32(50)19-24(3)4)33(25(29)5)43(46,10)11/h13-18,24,28-31,34-36,38,49,51,56H,19-22H2,1-12H3,(H,47,55)/t28-,29-,30-,31+,34+,35+,36-,38-,44+,45-,46+/m0/s1. The van der Waals surface area contributed by atoms with Gasteiger partial charge >= 0.3 is 30.0 Å². The Balaban J connectivity index is 1.76. The number of ether oxygens (including phenoxy) is 6. The van der Waals surface area contributed by atoms with Crippen molar-refractivity contribution in [3.05, 3.63) is 58.7 Å². The molecule has 2 bridgehead atoms. The first kappa shape index (κ1) is 48.4. The second-order valence-electron chi connectivity index (χ2n) is 19.5. The van der Waals surface area contributed by atoms with Crippen LogP contribution in [0.15, 0.2) is 53.1 Å². The van der Waals surface area contributed by atoms with Gasteiger partial charge in [0, 0.05) is 31.6 Å². The number of ketones is 1. The maximum Gasteiger partial charge on any atom is 0.408 e. The van der Waals surface area contributed by atoms with Crippen LogP contribution in [-0.4, -0.2) is 117 Å². The number of amides is 1. The molecule has 342 valence electrons. The highest BCUT2D eigenvalue weighted by molar-refractivity contribution is 5.96. The molecule has 0 radical (unpaired) electrons. The van der Waals surface area contributed by atoms with Crippen LogP contribution in [-0.2, 0) is 47.6 Å². The molecule has 62 heavy (non-hydrogen) atoms. The fourth-order valence-electron chi connectivity index (χ4n) is 9.74. The first-order valence-electron chi connectivity index (χ1n) is 21.1. The number of alkyl carbamates (subject to hydrolysis) is 1. The molecule has 0 aromatic heterocycles. The van der Waals surface area contributed by atoms with Crippen molar-refractivity contribution in [3.63, 3.8) is 0 Å². The number of fused-ring (bicyclic) bond motifs is 5. The third-order valence-corrected chi connectivity index (χ3v) is 12.8. The zero-order valence-corrected chi connectivity index (χ0v) is 37.7. The lowest BCUT2D eigenvalue weighted by Crippen LogP contribution is -2.82. The van der Waals surface area contributed by atoms with Gasteiger partial charge in [-0.15, -0.1) is 0 Å². The van der Waals surface area contributed by atoms with E-state index in [-0.39, 0.29) is 42.1 Å². The summed E-state index contributed by atoms with van der Waals surface area (Å²) in [7, 11) is 0. The summed E-state index contributed by atoms with van der Waals surface area (Å²) < 4.78 is 35.9. The molecule has 1 aromatic carbocycles. The third-order valence-electron chi connectivity index (χ3n) is 12.8. The monoisotopic (exact) mass is 869 g/mol. The lowest BCUT2D eigenvalue weighted by molar-refractivity contribution is -0.346. The van der Waals surface area contributed by atoms with E-state index in [1.54, 1.807) is 80.5 Å². The van der Waals surface area contributed by atoms with E-state index in [4.69, 9.17) is 28.4 Å². The molecule has 1 heterocycles. The van der Waals surface area contributed by atoms with E-state index in [1.165, 1.54) is 32.1 Å². The number of nitrogens with one attached hydrogen (secondary N) is 1. The van der Waals surface area contributed by atoms with E-state index in [0.29, 0.717) is 5.57 Å². The maximum absolute atomic E-state index is 15.7. The van der Waals surface area contributed by atoms with Gasteiger partial charge in [-0.3, -0.25) is 14.4 Å². The van der Waals surface area contributed by atoms with Crippen molar-refractivity contribution in [2.45, 2.75) is 162 Å². The number of esters is 4. The molecule has 5 rings (SSSR count). The number of carbonyl (C=O) groups excluding carboxylic acids is 6. The number of allylic oxidation sites excluding steroid dienone is 1. The summed E-state index contributed by atoms with van der Waals surface area (Å²) in [5.41, 5.74) is -7.93. The Morgan fingerprint density at radius 1 is 1.00 bits per heavy atom. The van der Waals surface area contributed by atoms with E-state index in [0.717, 1.165) is 6.92 Å². The molecular weight excluding hydrogens is 806 g/mol. The molecule has 4 N–H and O–H groups in total. The van der Waals surface area contributed by atoms with E-state index < -0.39 is 118 Å². The van der Waals surface area contributed by atoms with Gasteiger partial charge in [0.1, 0.15) is 29.5 Å². The largest absolute Gasteiger partial charge is 0.456 e. The molecule has 3 aliphatic carbocycles. The van der Waals surface area contributed by atoms with Gasteiger partial charge in [-0.1, -0.05) is 57.5 Å². The Bertz CT molecular complexity index is 2000. The highest BCUT2D eigenvalue weighted by atomic mass is 16.6. The number of carbonyl (C=O) groups is 6. The van der Waals surface area contributed by atoms with Gasteiger partial charge in [-0.25, -0.2) is 14.4 Å². The van der Waals surface area contributed by atoms with E-state index >= 15 is 4.79 Å². The van der Waals surface area contributed by atoms with Gasteiger partial charge in [-0.2, -0.15) is 0 Å². The van der Waals surface area contributed by atoms with Crippen LogP contribution >= 0.6 is 0 Å². The summed E-state index contributed by atoms with van der Waals surface area (Å²) >= 11 is 0. The lowest BCUT2D eigenvalue weighted by Gasteiger charge is -2.67. The van der Waals surface area contributed by atoms with Crippen LogP contribution in [0.1, 0.15) is 113 Å². The molecule has 0 spiro atoms. The Kier molecular flexibility index (Phi) is 13.7. The third kappa shape index (κ3) is 8.93. The number of Topliss-reactive ketones (excluding diaryl/α,β-unsaturated/α-hetero) is 1. The average Bonchev–Trinajstić information content (AvgIpc) is 3.14. The van der Waals surface area contributed by atoms with Gasteiger partial charge in [0.05, 0.1) is 35.6 Å². The summed E-state index contributed by atoms with van der Waals surface area (Å²) in [6.45, 7) is 18.8. The van der Waals surface area contributed by atoms with Crippen LogP contribution in [0.3, 0.4) is 0 Å². The second-order valence-corrected chi connectivity index (χ2v) is 19.5. The minimum atomic E-state index is -2.39. The average molecular weight is 870 g/mol. The SMILES string of the molecule is CC(=O)O[C@@]12CO[C@@H]1C[C@H](O)[C@@]1(C)C(=O)[C@H](OC(=O)CC(C)C)C3=C(C)[C@@H](OC(=O)[C@H](O)[C@H](C=C(C)C)NC(=O)OC(C)(C)C)C[C@@](O)([C@@H](OC(=O)c4ccccc4)[C@H]21)C3(C)C. The molecule has 1 aliphatic heterocycles. The van der Waals surface area contributed by atoms with E-state index in [9.17, 15) is 39.3 Å². The Morgan fingerprint density at radius 2 is 1.63 bits per heavy atom. The zero-order valence-electron chi connectivity index (χ0n) is 37.7. The molecule has 4 aliphatic rings. The number of benzene rings is 1. The molecule has 1 aromatic rings. The van der Waals surface area contributed by atoms with Gasteiger partial charge in [0.15, 0.2) is 23.6 Å². The number of aliphatic hydroxyl groups excluding tert-OH is 2. The number of aliphatic hydroxyl groups is 3. The number of hydrogen-bond acceptors (Lipinski definition) is 15. The maximum atomic E-state index is 15.7. The van der Waals surface area contributed by atoms with Gasteiger partial charge in [-0.05, 0) is 77.7 Å². The van der Waals surface area contributed by atoms with Crippen molar-refractivity contribution < 1.29 is 72.5 Å². The minimum absolute atomic E-state index is 0.00882. The van der Waals surface area contributed by atoms with Crippen molar-refractivity contribution in [2.24, 2.45) is 22.7 Å². The molecule has 1 amide bonds. The fourth-order valence-corrected chi connectivity index (χ4v) is 9.74.